The first-order valence-electron chi connectivity index (χ1n) is 11.0. The number of hydrogen-bond acceptors (Lipinski definition) is 6. The van der Waals surface area contributed by atoms with Crippen molar-refractivity contribution in [3.8, 4) is 5.69 Å². The number of morpholine rings is 1. The second-order valence-electron chi connectivity index (χ2n) is 9.06. The number of hydrogen-bond donors (Lipinski definition) is 2. The van der Waals surface area contributed by atoms with Gasteiger partial charge in [-0.1, -0.05) is 18.2 Å². The molecule has 0 radical (unpaired) electrons. The van der Waals surface area contributed by atoms with E-state index in [1.54, 1.807) is 0 Å². The van der Waals surface area contributed by atoms with Crippen LogP contribution in [-0.2, 0) is 20.7 Å². The minimum atomic E-state index is -1.48. The summed E-state index contributed by atoms with van der Waals surface area (Å²) in [6.45, 7) is 4.38. The van der Waals surface area contributed by atoms with Crippen LogP contribution in [0, 0.1) is 5.41 Å². The van der Waals surface area contributed by atoms with Crippen molar-refractivity contribution in [2.24, 2.45) is 5.41 Å². The SMILES string of the molecule is C[C@@H]1CN2c3ccc(-n4ncc5ccccc54)cc3CC3(C(=O)NC(=O)NC3=O)[C@H]2[C@H](C)O1. The lowest BCUT2D eigenvalue weighted by molar-refractivity contribution is -0.153. The number of nitrogens with zero attached hydrogens (tertiary/aromatic N) is 3. The van der Waals surface area contributed by atoms with Gasteiger partial charge in [0.15, 0.2) is 5.41 Å². The molecular weight excluding hydrogens is 422 g/mol. The van der Waals surface area contributed by atoms with Crippen LogP contribution in [0.25, 0.3) is 16.6 Å². The van der Waals surface area contributed by atoms with Gasteiger partial charge in [-0.15, -0.1) is 0 Å². The summed E-state index contributed by atoms with van der Waals surface area (Å²) in [4.78, 5) is 40.5. The number of barbiturate groups is 1. The van der Waals surface area contributed by atoms with E-state index in [1.807, 2.05) is 67.2 Å². The number of nitrogens with one attached hydrogen (secondary N) is 2. The highest BCUT2D eigenvalue weighted by Gasteiger charge is 2.62. The van der Waals surface area contributed by atoms with Crippen molar-refractivity contribution in [1.29, 1.82) is 0 Å². The van der Waals surface area contributed by atoms with Crippen molar-refractivity contribution in [3.63, 3.8) is 0 Å². The molecule has 0 saturated carbocycles. The average Bonchev–Trinajstić information content (AvgIpc) is 3.21. The van der Waals surface area contributed by atoms with Gasteiger partial charge in [0, 0.05) is 17.6 Å². The second-order valence-corrected chi connectivity index (χ2v) is 9.06. The number of rotatable bonds is 1. The normalized spacial score (nSPS) is 26.1. The lowest BCUT2D eigenvalue weighted by Gasteiger charge is -2.55. The first kappa shape index (κ1) is 19.9. The highest BCUT2D eigenvalue weighted by atomic mass is 16.5. The second kappa shape index (κ2) is 6.89. The number of carbonyl (C=O) groups is 3. The van der Waals surface area contributed by atoms with Gasteiger partial charge in [0.05, 0.1) is 35.7 Å². The van der Waals surface area contributed by atoms with Crippen LogP contribution in [0.2, 0.25) is 0 Å². The minimum Gasteiger partial charge on any atom is -0.372 e. The molecular formula is C24H23N5O4. The molecule has 3 aromatic rings. The van der Waals surface area contributed by atoms with E-state index in [1.165, 1.54) is 0 Å². The van der Waals surface area contributed by atoms with Crippen molar-refractivity contribution < 1.29 is 19.1 Å². The Morgan fingerprint density at radius 2 is 1.82 bits per heavy atom. The summed E-state index contributed by atoms with van der Waals surface area (Å²) < 4.78 is 7.90. The van der Waals surface area contributed by atoms with E-state index < -0.39 is 29.3 Å². The number of benzene rings is 2. The van der Waals surface area contributed by atoms with E-state index in [9.17, 15) is 14.4 Å². The van der Waals surface area contributed by atoms with Crippen LogP contribution in [0.15, 0.2) is 48.7 Å². The van der Waals surface area contributed by atoms with E-state index in [0.29, 0.717) is 6.54 Å². The van der Waals surface area contributed by atoms with E-state index in [0.717, 1.165) is 27.8 Å². The van der Waals surface area contributed by atoms with E-state index in [2.05, 4.69) is 20.6 Å². The summed E-state index contributed by atoms with van der Waals surface area (Å²) in [6.07, 6.45) is 1.50. The fraction of sp³-hybridized carbons (Fsp3) is 0.333. The van der Waals surface area contributed by atoms with Crippen LogP contribution < -0.4 is 15.5 Å². The van der Waals surface area contributed by atoms with Crippen LogP contribution in [-0.4, -0.2) is 52.4 Å². The summed E-state index contributed by atoms with van der Waals surface area (Å²) in [5.41, 5.74) is 2.14. The molecule has 2 saturated heterocycles. The van der Waals surface area contributed by atoms with Crippen LogP contribution in [0.3, 0.4) is 0 Å². The maximum Gasteiger partial charge on any atom is 0.328 e. The number of fused-ring (bicyclic) bond motifs is 5. The molecule has 1 spiro atoms. The molecule has 9 nitrogen and oxygen atoms in total. The lowest BCUT2D eigenvalue weighted by Crippen LogP contribution is -2.75. The molecule has 4 amide bonds. The number of imide groups is 2. The zero-order chi connectivity index (χ0) is 22.9. The summed E-state index contributed by atoms with van der Waals surface area (Å²) >= 11 is 0. The van der Waals surface area contributed by atoms with Crippen molar-refractivity contribution in [1.82, 2.24) is 20.4 Å². The molecule has 33 heavy (non-hydrogen) atoms. The minimum absolute atomic E-state index is 0.0784. The maximum atomic E-state index is 13.3. The summed E-state index contributed by atoms with van der Waals surface area (Å²) in [5.74, 6) is -1.17. The van der Waals surface area contributed by atoms with Crippen LogP contribution >= 0.6 is 0 Å². The largest absolute Gasteiger partial charge is 0.372 e. The van der Waals surface area contributed by atoms with Gasteiger partial charge in [-0.3, -0.25) is 20.2 Å². The van der Waals surface area contributed by atoms with E-state index >= 15 is 0 Å². The predicted molar refractivity (Wildman–Crippen MR) is 120 cm³/mol. The van der Waals surface area contributed by atoms with Crippen molar-refractivity contribution in [2.75, 3.05) is 11.4 Å². The van der Waals surface area contributed by atoms with Gasteiger partial charge >= 0.3 is 6.03 Å². The lowest BCUT2D eigenvalue weighted by atomic mass is 9.66. The smallest absolute Gasteiger partial charge is 0.328 e. The zero-order valence-electron chi connectivity index (χ0n) is 18.2. The average molecular weight is 445 g/mol. The Labute approximate surface area is 189 Å². The fourth-order valence-corrected chi connectivity index (χ4v) is 5.74. The Morgan fingerprint density at radius 1 is 1.06 bits per heavy atom. The number of aromatic nitrogens is 2. The predicted octanol–water partition coefficient (Wildman–Crippen LogP) is 1.92. The fourth-order valence-electron chi connectivity index (χ4n) is 5.74. The first-order valence-corrected chi connectivity index (χ1v) is 11.0. The standard InChI is InChI=1S/C24H23N5O4/c1-13-12-28-18-8-7-17(29-19-6-4-3-5-15(19)11-25-29)9-16(18)10-24(20(28)14(2)33-13)21(30)26-23(32)27-22(24)31/h3-9,11,13-14,20H,10,12H2,1-2H3,(H2,26,27,30,31,32)/t13-,14+,20-/m1/s1. The molecule has 1 aromatic heterocycles. The van der Waals surface area contributed by atoms with E-state index in [-0.39, 0.29) is 18.6 Å². The number of para-hydroxylation sites is 1. The molecule has 0 aliphatic carbocycles. The Kier molecular flexibility index (Phi) is 4.16. The molecule has 3 aliphatic heterocycles. The number of carbonyl (C=O) groups excluding carboxylic acids is 3. The Morgan fingerprint density at radius 3 is 2.61 bits per heavy atom. The van der Waals surface area contributed by atoms with Crippen LogP contribution in [0.1, 0.15) is 19.4 Å². The molecule has 2 aromatic carbocycles. The van der Waals surface area contributed by atoms with E-state index in [4.69, 9.17) is 4.74 Å². The molecule has 0 unspecified atom stereocenters. The Bertz CT molecular complexity index is 1310. The molecule has 168 valence electrons. The Hall–Kier alpha value is -3.72. The monoisotopic (exact) mass is 445 g/mol. The summed E-state index contributed by atoms with van der Waals surface area (Å²) in [6, 6.07) is 12.6. The van der Waals surface area contributed by atoms with Gasteiger partial charge in [-0.2, -0.15) is 5.10 Å². The van der Waals surface area contributed by atoms with Gasteiger partial charge in [0.1, 0.15) is 0 Å². The van der Waals surface area contributed by atoms with Gasteiger partial charge in [-0.05, 0) is 50.1 Å². The van der Waals surface area contributed by atoms with Gasteiger partial charge in [0.2, 0.25) is 11.8 Å². The third kappa shape index (κ3) is 2.75. The van der Waals surface area contributed by atoms with Gasteiger partial charge < -0.3 is 9.64 Å². The van der Waals surface area contributed by atoms with Crippen molar-refractivity contribution in [2.45, 2.75) is 38.5 Å². The third-order valence-electron chi connectivity index (χ3n) is 7.01. The van der Waals surface area contributed by atoms with Crippen molar-refractivity contribution in [3.05, 3.63) is 54.2 Å². The van der Waals surface area contributed by atoms with Crippen LogP contribution in [0.5, 0.6) is 0 Å². The molecule has 3 aliphatic rings. The highest BCUT2D eigenvalue weighted by molar-refractivity contribution is 6.20. The molecule has 4 heterocycles. The molecule has 2 N–H and O–H groups in total. The number of ether oxygens (including phenoxy) is 1. The third-order valence-corrected chi connectivity index (χ3v) is 7.01. The number of urea groups is 1. The summed E-state index contributed by atoms with van der Waals surface area (Å²) in [5, 5.41) is 10.2. The highest BCUT2D eigenvalue weighted by Crippen LogP contribution is 2.47. The van der Waals surface area contributed by atoms with Gasteiger partial charge in [0.25, 0.3) is 0 Å². The van der Waals surface area contributed by atoms with Gasteiger partial charge in [-0.25, -0.2) is 9.48 Å². The molecule has 0 bridgehead atoms. The zero-order valence-corrected chi connectivity index (χ0v) is 18.2. The topological polar surface area (TPSA) is 106 Å². The quantitative estimate of drug-likeness (QED) is 0.555. The van der Waals surface area contributed by atoms with Crippen molar-refractivity contribution >= 4 is 34.4 Å². The maximum absolute atomic E-state index is 13.3. The molecule has 6 rings (SSSR count). The molecule has 3 atom stereocenters. The number of amides is 4. The molecule has 9 heteroatoms. The molecule has 2 fully saturated rings. The van der Waals surface area contributed by atoms with Crippen LogP contribution in [0.4, 0.5) is 10.5 Å². The summed E-state index contributed by atoms with van der Waals surface area (Å²) in [7, 11) is 0. The first-order chi connectivity index (χ1) is 15.9. The Balaban J connectivity index is 1.53. The number of anilines is 1.